The molecule has 5 aromatic carbocycles. The summed E-state index contributed by atoms with van der Waals surface area (Å²) in [5.41, 5.74) is 5.44. The Morgan fingerprint density at radius 2 is 0.625 bits per heavy atom. The van der Waals surface area contributed by atoms with Crippen molar-refractivity contribution in [2.24, 2.45) is 0 Å². The van der Waals surface area contributed by atoms with Crippen LogP contribution in [0.1, 0.15) is 5.56 Å². The minimum atomic E-state index is 0. The second-order valence-electron chi connectivity index (χ2n) is 9.77. The molecule has 0 aliphatic carbocycles. The fourth-order valence-electron chi connectivity index (χ4n) is 3.83. The van der Waals surface area contributed by atoms with Crippen molar-refractivity contribution >= 4 is 0 Å². The molecule has 242 valence electrons. The molecule has 0 amide bonds. The third-order valence-corrected chi connectivity index (χ3v) is 5.97. The first-order chi connectivity index (χ1) is 22.9. The zero-order valence-electron chi connectivity index (χ0n) is 26.2. The van der Waals surface area contributed by atoms with Crippen LogP contribution in [0.4, 0.5) is 0 Å². The molecule has 0 radical (unpaired) electrons. The van der Waals surface area contributed by atoms with Crippen LogP contribution in [-0.4, -0.2) is 9.97 Å². The molecule has 2 heterocycles. The van der Waals surface area contributed by atoms with Gasteiger partial charge in [-0.15, -0.1) is 23.0 Å². The van der Waals surface area contributed by atoms with Crippen LogP contribution in [-0.2, 0) is 21.1 Å². The van der Waals surface area contributed by atoms with Crippen LogP contribution in [0.3, 0.4) is 0 Å². The molecule has 0 saturated heterocycles. The second kappa shape index (κ2) is 22.7. The largest absolute Gasteiger partial charge is 4.00 e. The van der Waals surface area contributed by atoms with Crippen molar-refractivity contribution in [2.75, 3.05) is 0 Å². The Hall–Kier alpha value is -5.71. The standard InChI is InChI=1S/C17H14N2.4C6H6O.Pt/c1-13-10-14(16-6-2-4-8-18-16)12-15(11-13)17-7-3-5-9-19-17;4*7-6-4-2-1-3-5-6;/h2-12H,1H3;4*1-5,7H;/q;;;;;+4/p-4. The first kappa shape index (κ1) is 38.5. The first-order valence-electron chi connectivity index (χ1n) is 14.7. The molecule has 0 saturated carbocycles. The Kier molecular flexibility index (Phi) is 18.2. The number of aromatic nitrogens is 2. The number of aryl methyl sites for hydroxylation is 1. The van der Waals surface area contributed by atoms with Crippen LogP contribution in [0.5, 0.6) is 23.0 Å². The van der Waals surface area contributed by atoms with E-state index in [2.05, 4.69) is 35.1 Å². The summed E-state index contributed by atoms with van der Waals surface area (Å²) in [6.45, 7) is 2.10. The maximum atomic E-state index is 10.3. The van der Waals surface area contributed by atoms with Gasteiger partial charge in [0.2, 0.25) is 0 Å². The summed E-state index contributed by atoms with van der Waals surface area (Å²) in [5.74, 6) is 0.287. The SMILES string of the molecule is Cc1cc(-c2ccccn2)cc(-c2ccccn2)c1.[O-]c1ccccc1.[O-]c1ccccc1.[O-]c1ccccc1.[O-]c1ccccc1.[Pt+4]. The van der Waals surface area contributed by atoms with E-state index in [1.807, 2.05) is 73.1 Å². The van der Waals surface area contributed by atoms with Gasteiger partial charge in [0, 0.05) is 23.5 Å². The molecule has 0 atom stereocenters. The van der Waals surface area contributed by atoms with E-state index in [4.69, 9.17) is 0 Å². The van der Waals surface area contributed by atoms with Crippen LogP contribution >= 0.6 is 0 Å². The third-order valence-electron chi connectivity index (χ3n) is 5.97. The van der Waals surface area contributed by atoms with E-state index < -0.39 is 0 Å². The summed E-state index contributed by atoms with van der Waals surface area (Å²) in [7, 11) is 0. The molecule has 7 rings (SSSR count). The van der Waals surface area contributed by atoms with Crippen LogP contribution in [0.2, 0.25) is 0 Å². The van der Waals surface area contributed by atoms with E-state index in [1.54, 1.807) is 48.5 Å². The summed E-state index contributed by atoms with van der Waals surface area (Å²) in [6.07, 6.45) is 3.64. The molecule has 0 fully saturated rings. The zero-order chi connectivity index (χ0) is 33.5. The molecule has 6 nitrogen and oxygen atoms in total. The van der Waals surface area contributed by atoms with Gasteiger partial charge in [0.15, 0.2) is 0 Å². The molecule has 0 spiro atoms. The fourth-order valence-corrected chi connectivity index (χ4v) is 3.83. The normalized spacial score (nSPS) is 9.10. The zero-order valence-corrected chi connectivity index (χ0v) is 28.5. The van der Waals surface area contributed by atoms with Crippen LogP contribution in [0, 0.1) is 6.92 Å². The predicted octanol–water partition coefficient (Wildman–Crippen LogP) is 7.16. The molecule has 48 heavy (non-hydrogen) atoms. The maximum absolute atomic E-state index is 10.3. The van der Waals surface area contributed by atoms with Crippen molar-refractivity contribution in [2.45, 2.75) is 6.92 Å². The number of pyridine rings is 2. The van der Waals surface area contributed by atoms with Gasteiger partial charge in [-0.2, -0.15) is 0 Å². The molecule has 7 aromatic rings. The molecule has 7 heteroatoms. The van der Waals surface area contributed by atoms with Gasteiger partial charge in [0.05, 0.1) is 11.4 Å². The van der Waals surface area contributed by atoms with E-state index in [0.29, 0.717) is 0 Å². The smallest absolute Gasteiger partial charge is 0.872 e. The summed E-state index contributed by atoms with van der Waals surface area (Å²) in [5, 5.41) is 41.1. The first-order valence-corrected chi connectivity index (χ1v) is 14.7. The molecule has 2 aromatic heterocycles. The quantitative estimate of drug-likeness (QED) is 0.183. The Morgan fingerprint density at radius 3 is 0.833 bits per heavy atom. The predicted molar refractivity (Wildman–Crippen MR) is 181 cm³/mol. The average Bonchev–Trinajstić information content (AvgIpc) is 3.11. The topological polar surface area (TPSA) is 118 Å². The van der Waals surface area contributed by atoms with Crippen molar-refractivity contribution in [1.82, 2.24) is 9.97 Å². The van der Waals surface area contributed by atoms with E-state index in [1.165, 1.54) is 54.1 Å². The molecular weight excluding hydrogens is 780 g/mol. The molecule has 0 aliphatic rings. The number of rotatable bonds is 2. The van der Waals surface area contributed by atoms with Gasteiger partial charge in [-0.25, -0.2) is 0 Å². The summed E-state index contributed by atoms with van der Waals surface area (Å²) < 4.78 is 0. The summed E-state index contributed by atoms with van der Waals surface area (Å²) >= 11 is 0. The number of hydrogen-bond acceptors (Lipinski definition) is 6. The number of para-hydroxylation sites is 4. The Morgan fingerprint density at radius 1 is 0.354 bits per heavy atom. The van der Waals surface area contributed by atoms with Gasteiger partial charge >= 0.3 is 21.1 Å². The van der Waals surface area contributed by atoms with Gasteiger partial charge in [0.25, 0.3) is 0 Å². The molecule has 0 unspecified atom stereocenters. The van der Waals surface area contributed by atoms with Crippen molar-refractivity contribution in [3.8, 4) is 45.5 Å². The number of nitrogens with zero attached hydrogens (tertiary/aromatic N) is 2. The maximum Gasteiger partial charge on any atom is 4.00 e. The van der Waals surface area contributed by atoms with Crippen LogP contribution in [0.25, 0.3) is 22.5 Å². The molecule has 0 N–H and O–H groups in total. The second-order valence-corrected chi connectivity index (χ2v) is 9.77. The van der Waals surface area contributed by atoms with Gasteiger partial charge in [-0.3, -0.25) is 9.97 Å². The minimum absolute atomic E-state index is 0. The summed E-state index contributed by atoms with van der Waals surface area (Å²) in [4.78, 5) is 8.81. The molecule has 0 bridgehead atoms. The summed E-state index contributed by atoms with van der Waals surface area (Å²) in [6, 6.07) is 51.7. The van der Waals surface area contributed by atoms with E-state index in [-0.39, 0.29) is 44.1 Å². The molecular formula is C41H34N2O4Pt. The van der Waals surface area contributed by atoms with Crippen LogP contribution < -0.4 is 20.4 Å². The van der Waals surface area contributed by atoms with Gasteiger partial charge in [0.1, 0.15) is 0 Å². The van der Waals surface area contributed by atoms with Gasteiger partial charge in [-0.1, -0.05) is 133 Å². The molecule has 0 aliphatic heterocycles. The van der Waals surface area contributed by atoms with Gasteiger partial charge < -0.3 is 20.4 Å². The Labute approximate surface area is 296 Å². The fraction of sp³-hybridized carbons (Fsp3) is 0.0244. The van der Waals surface area contributed by atoms with E-state index in [0.717, 1.165) is 22.5 Å². The number of hydrogen-bond donors (Lipinski definition) is 0. The Bertz CT molecular complexity index is 1590. The minimum Gasteiger partial charge on any atom is -0.872 e. The monoisotopic (exact) mass is 813 g/mol. The average molecular weight is 814 g/mol. The van der Waals surface area contributed by atoms with Crippen molar-refractivity contribution in [3.63, 3.8) is 0 Å². The number of benzene rings is 5. The van der Waals surface area contributed by atoms with Crippen molar-refractivity contribution in [1.29, 1.82) is 0 Å². The third kappa shape index (κ3) is 16.0. The van der Waals surface area contributed by atoms with E-state index >= 15 is 0 Å². The Balaban J connectivity index is 0.000000230. The van der Waals surface area contributed by atoms with Crippen LogP contribution in [0.15, 0.2) is 188 Å². The van der Waals surface area contributed by atoms with Gasteiger partial charge in [-0.05, 0) is 55.0 Å². The van der Waals surface area contributed by atoms with Crippen molar-refractivity contribution in [3.05, 3.63) is 194 Å². The van der Waals surface area contributed by atoms with Crippen molar-refractivity contribution < 1.29 is 41.5 Å². The van der Waals surface area contributed by atoms with E-state index in [9.17, 15) is 20.4 Å².